The van der Waals surface area contributed by atoms with Crippen LogP contribution >= 0.6 is 0 Å². The number of para-hydroxylation sites is 1. The Morgan fingerprint density at radius 3 is 2.50 bits per heavy atom. The Balaban J connectivity index is 1.20. The Morgan fingerprint density at radius 2 is 1.79 bits per heavy atom. The van der Waals surface area contributed by atoms with Gasteiger partial charge in [-0.15, -0.1) is 0 Å². The summed E-state index contributed by atoms with van der Waals surface area (Å²) < 4.78 is 0. The number of carbonyl (C=O) groups is 2. The summed E-state index contributed by atoms with van der Waals surface area (Å²) in [6, 6.07) is 7.88. The molecule has 8 heteroatoms. The number of carbonyl (C=O) groups excluding carboxylic acids is 2. The molecule has 0 unspecified atom stereocenters. The summed E-state index contributed by atoms with van der Waals surface area (Å²) in [5, 5.41) is 13.4. The molecule has 5 rings (SSSR count). The van der Waals surface area contributed by atoms with Crippen molar-refractivity contribution in [2.45, 2.75) is 68.7 Å². The number of nitrogens with zero attached hydrogens (tertiary/aromatic N) is 4. The van der Waals surface area contributed by atoms with Crippen molar-refractivity contribution in [2.24, 2.45) is 0 Å². The van der Waals surface area contributed by atoms with E-state index in [0.717, 1.165) is 63.8 Å². The second-order valence-corrected chi connectivity index (χ2v) is 11.0. The Labute approximate surface area is 202 Å². The van der Waals surface area contributed by atoms with Crippen molar-refractivity contribution in [3.8, 4) is 5.75 Å². The van der Waals surface area contributed by atoms with Gasteiger partial charge in [-0.25, -0.2) is 0 Å². The number of nitrogens with one attached hydrogen (secondary N) is 1. The molecule has 4 saturated heterocycles. The zero-order valence-electron chi connectivity index (χ0n) is 20.6. The Bertz CT molecular complexity index is 879. The minimum absolute atomic E-state index is 0.0271. The van der Waals surface area contributed by atoms with Crippen molar-refractivity contribution in [3.05, 3.63) is 29.8 Å². The lowest BCUT2D eigenvalue weighted by Gasteiger charge is -2.41. The van der Waals surface area contributed by atoms with Gasteiger partial charge in [0.1, 0.15) is 11.8 Å². The summed E-state index contributed by atoms with van der Waals surface area (Å²) in [4.78, 5) is 35.7. The first kappa shape index (κ1) is 23.6. The minimum atomic E-state index is -0.441. The van der Waals surface area contributed by atoms with Gasteiger partial charge in [0.25, 0.3) is 0 Å². The van der Waals surface area contributed by atoms with Crippen molar-refractivity contribution in [3.63, 3.8) is 0 Å². The first-order chi connectivity index (χ1) is 16.3. The van der Waals surface area contributed by atoms with Crippen molar-refractivity contribution < 1.29 is 14.7 Å². The van der Waals surface area contributed by atoms with Gasteiger partial charge in [0.15, 0.2) is 0 Å². The largest absolute Gasteiger partial charge is 0.508 e. The van der Waals surface area contributed by atoms with E-state index in [2.05, 4.69) is 34.1 Å². The average molecular weight is 470 g/mol. The zero-order valence-corrected chi connectivity index (χ0v) is 20.6. The van der Waals surface area contributed by atoms with Gasteiger partial charge in [0, 0.05) is 43.8 Å². The number of hydrogen-bond acceptors (Lipinski definition) is 6. The molecule has 34 heavy (non-hydrogen) atoms. The number of benzene rings is 1. The normalized spacial score (nSPS) is 28.9. The molecule has 1 aromatic rings. The number of piperidine rings is 2. The number of phenolic OH excluding ortho intramolecular Hbond substituents is 1. The van der Waals surface area contributed by atoms with Gasteiger partial charge in [-0.2, -0.15) is 0 Å². The average Bonchev–Trinajstić information content (AvgIpc) is 3.25. The van der Waals surface area contributed by atoms with E-state index >= 15 is 0 Å². The van der Waals surface area contributed by atoms with Crippen molar-refractivity contribution in [1.29, 1.82) is 0 Å². The fourth-order valence-corrected chi connectivity index (χ4v) is 6.44. The molecule has 0 aliphatic carbocycles. The third kappa shape index (κ3) is 4.68. The van der Waals surface area contributed by atoms with Crippen molar-refractivity contribution >= 4 is 11.8 Å². The SMILES string of the molecule is CN1CCC(N(C)[C@H]2C[C@H]3C(=O)NC4(CCN(Cc5ccccc5O)CC4)CC(=O)N3C2)CC1. The van der Waals surface area contributed by atoms with Gasteiger partial charge >= 0.3 is 0 Å². The van der Waals surface area contributed by atoms with E-state index in [-0.39, 0.29) is 23.9 Å². The number of phenols is 1. The fourth-order valence-electron chi connectivity index (χ4n) is 6.44. The number of likely N-dealkylation sites (tertiary alicyclic amines) is 2. The molecule has 0 radical (unpaired) electrons. The highest BCUT2D eigenvalue weighted by atomic mass is 16.3. The van der Waals surface area contributed by atoms with E-state index in [0.29, 0.717) is 31.3 Å². The molecule has 1 spiro atoms. The van der Waals surface area contributed by atoms with Crippen LogP contribution in [0.1, 0.15) is 44.1 Å². The van der Waals surface area contributed by atoms with Crippen LogP contribution in [0.2, 0.25) is 0 Å². The van der Waals surface area contributed by atoms with Gasteiger partial charge in [-0.05, 0) is 65.4 Å². The van der Waals surface area contributed by atoms with E-state index in [1.807, 2.05) is 23.1 Å². The number of aromatic hydroxyl groups is 1. The molecule has 2 N–H and O–H groups in total. The van der Waals surface area contributed by atoms with Gasteiger partial charge in [0.05, 0.1) is 12.0 Å². The summed E-state index contributed by atoms with van der Waals surface area (Å²) in [7, 11) is 4.35. The second kappa shape index (κ2) is 9.47. The first-order valence-corrected chi connectivity index (χ1v) is 12.8. The summed E-state index contributed by atoms with van der Waals surface area (Å²) in [6.45, 7) is 5.16. The maximum absolute atomic E-state index is 13.4. The molecule has 0 saturated carbocycles. The number of likely N-dealkylation sites (N-methyl/N-ethyl adjacent to an activating group) is 1. The van der Waals surface area contributed by atoms with Crippen LogP contribution < -0.4 is 5.32 Å². The lowest BCUT2D eigenvalue weighted by Crippen LogP contribution is -2.56. The molecule has 4 aliphatic rings. The highest BCUT2D eigenvalue weighted by molar-refractivity contribution is 5.92. The predicted octanol–water partition coefficient (Wildman–Crippen LogP) is 1.24. The molecule has 1 aromatic carbocycles. The van der Waals surface area contributed by atoms with E-state index in [1.54, 1.807) is 6.07 Å². The van der Waals surface area contributed by atoms with Crippen LogP contribution in [0.5, 0.6) is 5.75 Å². The first-order valence-electron chi connectivity index (χ1n) is 12.8. The second-order valence-electron chi connectivity index (χ2n) is 11.0. The highest BCUT2D eigenvalue weighted by Crippen LogP contribution is 2.35. The highest BCUT2D eigenvalue weighted by Gasteiger charge is 2.49. The van der Waals surface area contributed by atoms with Gasteiger partial charge in [-0.3, -0.25) is 19.4 Å². The van der Waals surface area contributed by atoms with Crippen LogP contribution in [-0.4, -0.2) is 107 Å². The van der Waals surface area contributed by atoms with Gasteiger partial charge in [0.2, 0.25) is 11.8 Å². The molecule has 186 valence electrons. The van der Waals surface area contributed by atoms with Crippen LogP contribution in [0.25, 0.3) is 0 Å². The fraction of sp³-hybridized carbons (Fsp3) is 0.692. The van der Waals surface area contributed by atoms with E-state index in [9.17, 15) is 14.7 Å². The quantitative estimate of drug-likeness (QED) is 0.691. The third-order valence-electron chi connectivity index (χ3n) is 8.82. The molecule has 0 bridgehead atoms. The van der Waals surface area contributed by atoms with Crippen molar-refractivity contribution in [1.82, 2.24) is 24.9 Å². The molecule has 4 aliphatic heterocycles. The number of hydrogen-bond donors (Lipinski definition) is 2. The standard InChI is InChI=1S/C26H39N5O3/c1-28-11-7-20(8-12-28)29(2)21-15-22-25(34)27-26(16-24(33)31(22)18-21)9-13-30(14-10-26)17-19-5-3-4-6-23(19)32/h3-6,20-22,32H,7-18H2,1-2H3,(H,27,34)/t21-,22-/m0/s1. The van der Waals surface area contributed by atoms with Gasteiger partial charge < -0.3 is 20.2 Å². The lowest BCUT2D eigenvalue weighted by molar-refractivity contribution is -0.135. The monoisotopic (exact) mass is 469 g/mol. The maximum Gasteiger partial charge on any atom is 0.243 e. The maximum atomic E-state index is 13.4. The van der Waals surface area contributed by atoms with Crippen LogP contribution in [0, 0.1) is 0 Å². The molecule has 2 atom stereocenters. The third-order valence-corrected chi connectivity index (χ3v) is 8.82. The molecule has 4 fully saturated rings. The summed E-state index contributed by atoms with van der Waals surface area (Å²) >= 11 is 0. The number of amides is 2. The summed E-state index contributed by atoms with van der Waals surface area (Å²) in [5.74, 6) is 0.470. The number of fused-ring (bicyclic) bond motifs is 1. The minimum Gasteiger partial charge on any atom is -0.508 e. The topological polar surface area (TPSA) is 79.4 Å². The molecule has 8 nitrogen and oxygen atoms in total. The van der Waals surface area contributed by atoms with Crippen LogP contribution in [0.3, 0.4) is 0 Å². The molecular formula is C26H39N5O3. The molecule has 0 aromatic heterocycles. The predicted molar refractivity (Wildman–Crippen MR) is 130 cm³/mol. The van der Waals surface area contributed by atoms with Gasteiger partial charge in [-0.1, -0.05) is 18.2 Å². The van der Waals surface area contributed by atoms with E-state index in [4.69, 9.17) is 0 Å². The Kier molecular flexibility index (Phi) is 6.57. The molecule has 2 amide bonds. The van der Waals surface area contributed by atoms with Crippen LogP contribution in [0.4, 0.5) is 0 Å². The summed E-state index contributed by atoms with van der Waals surface area (Å²) in [6.07, 6.45) is 4.94. The summed E-state index contributed by atoms with van der Waals surface area (Å²) in [5.41, 5.74) is 0.475. The zero-order chi connectivity index (χ0) is 23.9. The lowest BCUT2D eigenvalue weighted by atomic mass is 9.83. The smallest absolute Gasteiger partial charge is 0.243 e. The van der Waals surface area contributed by atoms with Crippen molar-refractivity contribution in [2.75, 3.05) is 46.8 Å². The molecule has 4 heterocycles. The molecular weight excluding hydrogens is 430 g/mol. The van der Waals surface area contributed by atoms with E-state index < -0.39 is 5.54 Å². The Hall–Kier alpha value is -2.16. The number of rotatable bonds is 4. The Morgan fingerprint density at radius 1 is 1.09 bits per heavy atom. The van der Waals surface area contributed by atoms with Crippen LogP contribution in [0.15, 0.2) is 24.3 Å². The van der Waals surface area contributed by atoms with E-state index in [1.165, 1.54) is 0 Å². The van der Waals surface area contributed by atoms with Crippen LogP contribution in [-0.2, 0) is 16.1 Å².